The molecule has 3 saturated carbocycles. The van der Waals surface area contributed by atoms with Crippen molar-refractivity contribution in [1.82, 2.24) is 0 Å². The van der Waals surface area contributed by atoms with Gasteiger partial charge in [0.05, 0.1) is 5.41 Å². The van der Waals surface area contributed by atoms with Crippen molar-refractivity contribution in [1.29, 1.82) is 0 Å². The van der Waals surface area contributed by atoms with Crippen LogP contribution in [0.25, 0.3) is 0 Å². The van der Waals surface area contributed by atoms with Crippen LogP contribution in [0.15, 0.2) is 11.6 Å². The normalized spacial score (nSPS) is 49.1. The standard InChI is InChI=1S/C19H27FO/c1-18-10-3-2-4-13(18)5-6-14-15(18)9-11-19(12-20)16(14)7-8-17(19)21/h5,14-16H,2-4,6-12H2,1H3/t14-,15+,16+,18+,19-/m1/s1. The summed E-state index contributed by atoms with van der Waals surface area (Å²) in [7, 11) is 0. The second-order valence-corrected chi connectivity index (χ2v) is 8.26. The third-order valence-electron chi connectivity index (χ3n) is 7.70. The zero-order valence-corrected chi connectivity index (χ0v) is 13.2. The van der Waals surface area contributed by atoms with Gasteiger partial charge in [-0.2, -0.15) is 0 Å². The van der Waals surface area contributed by atoms with Crippen LogP contribution in [0, 0.1) is 28.6 Å². The molecule has 0 bridgehead atoms. The molecule has 116 valence electrons. The Morgan fingerprint density at radius 1 is 1.19 bits per heavy atom. The van der Waals surface area contributed by atoms with Crippen LogP contribution in [-0.4, -0.2) is 12.5 Å². The van der Waals surface area contributed by atoms with E-state index < -0.39 is 12.1 Å². The van der Waals surface area contributed by atoms with E-state index in [0.29, 0.717) is 29.6 Å². The first-order valence-corrected chi connectivity index (χ1v) is 8.90. The molecule has 0 saturated heterocycles. The maximum absolute atomic E-state index is 13.8. The Morgan fingerprint density at radius 3 is 2.86 bits per heavy atom. The van der Waals surface area contributed by atoms with E-state index in [4.69, 9.17) is 0 Å². The predicted molar refractivity (Wildman–Crippen MR) is 81.6 cm³/mol. The number of carbonyl (C=O) groups excluding carboxylic acids is 1. The molecule has 2 heteroatoms. The summed E-state index contributed by atoms with van der Waals surface area (Å²) in [6.07, 6.45) is 12.3. The average Bonchev–Trinajstić information content (AvgIpc) is 2.84. The number of halogens is 1. The molecule has 1 nitrogen and oxygen atoms in total. The molecule has 3 fully saturated rings. The third-order valence-corrected chi connectivity index (χ3v) is 7.70. The molecule has 0 unspecified atom stereocenters. The van der Waals surface area contributed by atoms with Crippen molar-refractivity contribution in [2.75, 3.05) is 6.67 Å². The summed E-state index contributed by atoms with van der Waals surface area (Å²) >= 11 is 0. The minimum atomic E-state index is -0.586. The Kier molecular flexibility index (Phi) is 3.10. The van der Waals surface area contributed by atoms with Gasteiger partial charge in [-0.25, -0.2) is 4.39 Å². The molecule has 0 aromatic carbocycles. The molecule has 0 radical (unpaired) electrons. The number of carbonyl (C=O) groups is 1. The van der Waals surface area contributed by atoms with Crippen molar-refractivity contribution in [3.8, 4) is 0 Å². The monoisotopic (exact) mass is 290 g/mol. The number of allylic oxidation sites excluding steroid dienone is 2. The van der Waals surface area contributed by atoms with Crippen LogP contribution >= 0.6 is 0 Å². The van der Waals surface area contributed by atoms with Crippen molar-refractivity contribution in [2.24, 2.45) is 28.6 Å². The van der Waals surface area contributed by atoms with Crippen LogP contribution in [0.4, 0.5) is 4.39 Å². The summed E-state index contributed by atoms with van der Waals surface area (Å²) in [5.74, 6) is 1.82. The van der Waals surface area contributed by atoms with Crippen molar-refractivity contribution < 1.29 is 9.18 Å². The molecule has 0 heterocycles. The van der Waals surface area contributed by atoms with E-state index in [9.17, 15) is 9.18 Å². The average molecular weight is 290 g/mol. The van der Waals surface area contributed by atoms with Gasteiger partial charge >= 0.3 is 0 Å². The fraction of sp³-hybridized carbons (Fsp3) is 0.842. The summed E-state index contributed by atoms with van der Waals surface area (Å²) in [5, 5.41) is 0. The highest BCUT2D eigenvalue weighted by Crippen LogP contribution is 2.64. The van der Waals surface area contributed by atoms with E-state index in [1.54, 1.807) is 5.57 Å². The molecule has 0 N–H and O–H groups in total. The number of hydrogen-bond donors (Lipinski definition) is 0. The number of Topliss-reactive ketones (excluding diaryl/α,β-unsaturated/α-hetero) is 1. The molecule has 0 amide bonds. The molecule has 4 aliphatic carbocycles. The molecule has 0 spiro atoms. The fourth-order valence-corrected chi connectivity index (χ4v) is 6.53. The smallest absolute Gasteiger partial charge is 0.141 e. The third kappa shape index (κ3) is 1.71. The lowest BCUT2D eigenvalue weighted by Gasteiger charge is -2.56. The number of alkyl halides is 1. The van der Waals surface area contributed by atoms with Crippen LogP contribution in [0.2, 0.25) is 0 Å². The summed E-state index contributed by atoms with van der Waals surface area (Å²) < 4.78 is 13.8. The fourth-order valence-electron chi connectivity index (χ4n) is 6.53. The van der Waals surface area contributed by atoms with Crippen molar-refractivity contribution >= 4 is 5.78 Å². The highest BCUT2D eigenvalue weighted by Gasteiger charge is 2.60. The van der Waals surface area contributed by atoms with Gasteiger partial charge in [0, 0.05) is 6.42 Å². The maximum atomic E-state index is 13.8. The number of rotatable bonds is 1. The topological polar surface area (TPSA) is 17.1 Å². The van der Waals surface area contributed by atoms with Crippen molar-refractivity contribution in [3.05, 3.63) is 11.6 Å². The largest absolute Gasteiger partial charge is 0.299 e. The van der Waals surface area contributed by atoms with Gasteiger partial charge in [-0.1, -0.05) is 25.0 Å². The molecule has 0 aromatic heterocycles. The lowest BCUT2D eigenvalue weighted by Crippen LogP contribution is -2.51. The Morgan fingerprint density at radius 2 is 2.05 bits per heavy atom. The molecular formula is C19H27FO. The highest BCUT2D eigenvalue weighted by molar-refractivity contribution is 5.87. The quantitative estimate of drug-likeness (QED) is 0.630. The lowest BCUT2D eigenvalue weighted by atomic mass is 9.48. The maximum Gasteiger partial charge on any atom is 0.141 e. The van der Waals surface area contributed by atoms with Gasteiger partial charge in [0.25, 0.3) is 0 Å². The molecule has 4 rings (SSSR count). The Balaban J connectivity index is 1.71. The van der Waals surface area contributed by atoms with E-state index in [1.165, 1.54) is 25.7 Å². The van der Waals surface area contributed by atoms with E-state index >= 15 is 0 Å². The van der Waals surface area contributed by atoms with E-state index in [0.717, 1.165) is 25.7 Å². The van der Waals surface area contributed by atoms with Crippen LogP contribution in [0.3, 0.4) is 0 Å². The van der Waals surface area contributed by atoms with Gasteiger partial charge in [-0.3, -0.25) is 4.79 Å². The van der Waals surface area contributed by atoms with Crippen molar-refractivity contribution in [3.63, 3.8) is 0 Å². The molecule has 21 heavy (non-hydrogen) atoms. The van der Waals surface area contributed by atoms with Crippen LogP contribution < -0.4 is 0 Å². The molecule has 4 aliphatic rings. The Hall–Kier alpha value is -0.660. The summed E-state index contributed by atoms with van der Waals surface area (Å²) in [4.78, 5) is 12.3. The van der Waals surface area contributed by atoms with Crippen LogP contribution in [0.5, 0.6) is 0 Å². The molecule has 0 aromatic rings. The summed E-state index contributed by atoms with van der Waals surface area (Å²) in [5.41, 5.74) is 1.46. The summed E-state index contributed by atoms with van der Waals surface area (Å²) in [6, 6.07) is 0. The number of fused-ring (bicyclic) bond motifs is 5. The Bertz CT molecular complexity index is 496. The first-order valence-electron chi connectivity index (χ1n) is 8.90. The van der Waals surface area contributed by atoms with E-state index in [1.807, 2.05) is 0 Å². The van der Waals surface area contributed by atoms with Crippen molar-refractivity contribution in [2.45, 2.75) is 64.7 Å². The number of hydrogen-bond acceptors (Lipinski definition) is 1. The van der Waals surface area contributed by atoms with Gasteiger partial charge in [0.1, 0.15) is 12.5 Å². The SMILES string of the molecule is C[C@]12CCCCC1=CC[C@H]1[C@@H]3CCC(=O)[C@@]3(CF)CC[C@@H]12. The molecule has 0 aliphatic heterocycles. The predicted octanol–water partition coefficient (Wildman–Crippen LogP) is 4.86. The minimum absolute atomic E-state index is 0.233. The minimum Gasteiger partial charge on any atom is -0.299 e. The zero-order valence-electron chi connectivity index (χ0n) is 13.2. The van der Waals surface area contributed by atoms with Gasteiger partial charge < -0.3 is 0 Å². The molecule has 5 atom stereocenters. The van der Waals surface area contributed by atoms with Gasteiger partial charge in [0.2, 0.25) is 0 Å². The van der Waals surface area contributed by atoms with E-state index in [2.05, 4.69) is 13.0 Å². The second kappa shape index (κ2) is 4.67. The van der Waals surface area contributed by atoms with Crippen LogP contribution in [-0.2, 0) is 4.79 Å². The first kappa shape index (κ1) is 14.0. The van der Waals surface area contributed by atoms with Gasteiger partial charge in [-0.05, 0) is 68.1 Å². The zero-order chi connectivity index (χ0) is 14.7. The second-order valence-electron chi connectivity index (χ2n) is 8.26. The van der Waals surface area contributed by atoms with Crippen LogP contribution in [0.1, 0.15) is 64.7 Å². The van der Waals surface area contributed by atoms with Gasteiger partial charge in [-0.15, -0.1) is 0 Å². The van der Waals surface area contributed by atoms with E-state index in [-0.39, 0.29) is 5.78 Å². The molecular weight excluding hydrogens is 263 g/mol. The first-order chi connectivity index (χ1) is 10.1. The number of ketones is 1. The highest BCUT2D eigenvalue weighted by atomic mass is 19.1. The lowest BCUT2D eigenvalue weighted by molar-refractivity contribution is -0.135. The van der Waals surface area contributed by atoms with Gasteiger partial charge in [0.15, 0.2) is 0 Å². The Labute approximate surface area is 127 Å². The summed E-state index contributed by atoms with van der Waals surface area (Å²) in [6.45, 7) is 2.06.